The molecule has 2 aromatic rings. The lowest BCUT2D eigenvalue weighted by Crippen LogP contribution is -2.30. The first-order chi connectivity index (χ1) is 11.2. The molecule has 0 radical (unpaired) electrons. The molecule has 1 saturated heterocycles. The van der Waals surface area contributed by atoms with Crippen LogP contribution in [-0.2, 0) is 6.42 Å². The van der Waals surface area contributed by atoms with Crippen molar-refractivity contribution in [2.45, 2.75) is 25.3 Å². The molecular formula is C17H22ClN3O2S. The molecule has 1 fully saturated rings. The molecule has 2 N–H and O–H groups in total. The van der Waals surface area contributed by atoms with Crippen LogP contribution in [0, 0.1) is 0 Å². The summed E-state index contributed by atoms with van der Waals surface area (Å²) in [5, 5.41) is 2.77. The Kier molecular flexibility index (Phi) is 6.60. The zero-order valence-electron chi connectivity index (χ0n) is 13.6. The molecule has 1 aliphatic heterocycles. The summed E-state index contributed by atoms with van der Waals surface area (Å²) < 4.78 is 5.30. The Balaban J connectivity index is 0.00000208. The number of carbonyl (C=O) groups excluding carboxylic acids is 1. The number of benzene rings is 1. The van der Waals surface area contributed by atoms with Crippen LogP contribution in [0.2, 0.25) is 0 Å². The fraction of sp³-hybridized carbons (Fsp3) is 0.412. The van der Waals surface area contributed by atoms with Crippen molar-refractivity contribution >= 4 is 29.7 Å². The molecule has 1 aromatic heterocycles. The fourth-order valence-electron chi connectivity index (χ4n) is 3.00. The molecule has 130 valence electrons. The molecule has 1 atom stereocenters. The first kappa shape index (κ1) is 18.7. The van der Waals surface area contributed by atoms with Gasteiger partial charge < -0.3 is 15.4 Å². The zero-order valence-corrected chi connectivity index (χ0v) is 15.2. The molecular weight excluding hydrogens is 346 g/mol. The van der Waals surface area contributed by atoms with E-state index in [9.17, 15) is 4.79 Å². The molecule has 0 saturated carbocycles. The van der Waals surface area contributed by atoms with Crippen LogP contribution in [0.15, 0.2) is 29.6 Å². The number of ether oxygens (including phenoxy) is 1. The highest BCUT2D eigenvalue weighted by molar-refractivity contribution is 7.09. The molecule has 5 nitrogen and oxygen atoms in total. The van der Waals surface area contributed by atoms with Gasteiger partial charge in [-0.15, -0.1) is 23.7 Å². The first-order valence-corrected chi connectivity index (χ1v) is 8.70. The van der Waals surface area contributed by atoms with Crippen molar-refractivity contribution in [3.8, 4) is 5.75 Å². The van der Waals surface area contributed by atoms with E-state index in [2.05, 4.69) is 11.1 Å². The van der Waals surface area contributed by atoms with Crippen molar-refractivity contribution in [3.05, 3.63) is 45.9 Å². The number of carbonyl (C=O) groups is 1. The van der Waals surface area contributed by atoms with E-state index in [4.69, 9.17) is 10.5 Å². The summed E-state index contributed by atoms with van der Waals surface area (Å²) in [6.45, 7) is 1.32. The minimum Gasteiger partial charge on any atom is -0.497 e. The molecule has 1 amide bonds. The summed E-state index contributed by atoms with van der Waals surface area (Å²) in [6.07, 6.45) is 2.70. The van der Waals surface area contributed by atoms with Gasteiger partial charge in [0.25, 0.3) is 5.91 Å². The van der Waals surface area contributed by atoms with Gasteiger partial charge >= 0.3 is 0 Å². The number of rotatable bonds is 5. The lowest BCUT2D eigenvalue weighted by molar-refractivity contribution is 0.0730. The van der Waals surface area contributed by atoms with Crippen LogP contribution < -0.4 is 10.5 Å². The predicted molar refractivity (Wildman–Crippen MR) is 98.1 cm³/mol. The van der Waals surface area contributed by atoms with Gasteiger partial charge in [0.2, 0.25) is 0 Å². The quantitative estimate of drug-likeness (QED) is 0.881. The van der Waals surface area contributed by atoms with E-state index in [1.165, 1.54) is 11.3 Å². The molecule has 7 heteroatoms. The molecule has 3 rings (SSSR count). The Hall–Kier alpha value is -1.63. The van der Waals surface area contributed by atoms with Gasteiger partial charge in [-0.3, -0.25) is 4.79 Å². The molecule has 0 spiro atoms. The number of amides is 1. The van der Waals surface area contributed by atoms with E-state index in [0.29, 0.717) is 12.2 Å². The highest BCUT2D eigenvalue weighted by atomic mass is 35.5. The Morgan fingerprint density at radius 1 is 1.50 bits per heavy atom. The Bertz CT molecular complexity index is 692. The van der Waals surface area contributed by atoms with Gasteiger partial charge in [0.1, 0.15) is 11.4 Å². The van der Waals surface area contributed by atoms with Crippen molar-refractivity contribution in [2.75, 3.05) is 20.2 Å². The van der Waals surface area contributed by atoms with Gasteiger partial charge in [-0.1, -0.05) is 12.1 Å². The van der Waals surface area contributed by atoms with E-state index in [1.54, 1.807) is 7.11 Å². The summed E-state index contributed by atoms with van der Waals surface area (Å²) >= 11 is 1.51. The van der Waals surface area contributed by atoms with Gasteiger partial charge in [0.05, 0.1) is 18.2 Å². The second-order valence-corrected chi connectivity index (χ2v) is 6.54. The molecule has 1 aromatic carbocycles. The molecule has 2 heterocycles. The van der Waals surface area contributed by atoms with Crippen LogP contribution in [0.25, 0.3) is 0 Å². The smallest absolute Gasteiger partial charge is 0.273 e. The second-order valence-electron chi connectivity index (χ2n) is 5.60. The highest BCUT2D eigenvalue weighted by Gasteiger charge is 2.31. The molecule has 1 aliphatic rings. The fourth-order valence-corrected chi connectivity index (χ4v) is 3.79. The number of methoxy groups -OCH3 is 1. The first-order valence-electron chi connectivity index (χ1n) is 7.82. The van der Waals surface area contributed by atoms with Crippen LogP contribution in [-0.4, -0.2) is 36.0 Å². The minimum atomic E-state index is 0. The standard InChI is InChI=1S/C17H21N3O2S.ClH/c1-22-13-5-2-4-12(10-13)15-6-3-9-20(15)17(21)14-11-23-16(19-14)7-8-18;/h2,4-5,10-11,15H,3,6-9,18H2,1H3;1H. The average molecular weight is 368 g/mol. The van der Waals surface area contributed by atoms with Crippen molar-refractivity contribution in [3.63, 3.8) is 0 Å². The van der Waals surface area contributed by atoms with Crippen molar-refractivity contribution in [1.29, 1.82) is 0 Å². The van der Waals surface area contributed by atoms with Gasteiger partial charge in [-0.2, -0.15) is 0 Å². The number of hydrogen-bond donors (Lipinski definition) is 1. The lowest BCUT2D eigenvalue weighted by atomic mass is 10.0. The largest absolute Gasteiger partial charge is 0.497 e. The van der Waals surface area contributed by atoms with Crippen LogP contribution in [0.1, 0.15) is 39.9 Å². The summed E-state index contributed by atoms with van der Waals surface area (Å²) in [5.41, 5.74) is 7.21. The van der Waals surface area contributed by atoms with Crippen molar-refractivity contribution in [2.24, 2.45) is 5.73 Å². The van der Waals surface area contributed by atoms with Crippen LogP contribution in [0.3, 0.4) is 0 Å². The highest BCUT2D eigenvalue weighted by Crippen LogP contribution is 2.34. The number of halogens is 1. The lowest BCUT2D eigenvalue weighted by Gasteiger charge is -2.24. The van der Waals surface area contributed by atoms with Crippen LogP contribution >= 0.6 is 23.7 Å². The van der Waals surface area contributed by atoms with Crippen molar-refractivity contribution < 1.29 is 9.53 Å². The number of thiazole rings is 1. The third kappa shape index (κ3) is 3.88. The van der Waals surface area contributed by atoms with Gasteiger partial charge in [-0.25, -0.2) is 4.98 Å². The Morgan fingerprint density at radius 2 is 2.33 bits per heavy atom. The van der Waals surface area contributed by atoms with Crippen LogP contribution in [0.5, 0.6) is 5.75 Å². The van der Waals surface area contributed by atoms with Crippen molar-refractivity contribution in [1.82, 2.24) is 9.88 Å². The number of aromatic nitrogens is 1. The third-order valence-corrected chi connectivity index (χ3v) is 5.03. The normalized spacial score (nSPS) is 16.8. The molecule has 0 aliphatic carbocycles. The van der Waals surface area contributed by atoms with E-state index in [-0.39, 0.29) is 24.4 Å². The van der Waals surface area contributed by atoms with Gasteiger partial charge in [0.15, 0.2) is 0 Å². The summed E-state index contributed by atoms with van der Waals surface area (Å²) in [4.78, 5) is 19.2. The maximum absolute atomic E-state index is 12.8. The van der Waals surface area contributed by atoms with E-state index in [1.807, 2.05) is 28.5 Å². The maximum atomic E-state index is 12.8. The molecule has 0 bridgehead atoms. The zero-order chi connectivity index (χ0) is 16.2. The van der Waals surface area contributed by atoms with Crippen LogP contribution in [0.4, 0.5) is 0 Å². The maximum Gasteiger partial charge on any atom is 0.273 e. The summed E-state index contributed by atoms with van der Waals surface area (Å²) in [7, 11) is 1.66. The third-order valence-electron chi connectivity index (χ3n) is 4.12. The van der Waals surface area contributed by atoms with Gasteiger partial charge in [0, 0.05) is 18.3 Å². The minimum absolute atomic E-state index is 0. The number of hydrogen-bond acceptors (Lipinski definition) is 5. The Morgan fingerprint density at radius 3 is 3.08 bits per heavy atom. The predicted octanol–water partition coefficient (Wildman–Crippen LogP) is 3.05. The van der Waals surface area contributed by atoms with E-state index >= 15 is 0 Å². The number of nitrogens with zero attached hydrogens (tertiary/aromatic N) is 2. The summed E-state index contributed by atoms with van der Waals surface area (Å²) in [5.74, 6) is 0.829. The summed E-state index contributed by atoms with van der Waals surface area (Å²) in [6, 6.07) is 8.05. The van der Waals surface area contributed by atoms with E-state index < -0.39 is 0 Å². The van der Waals surface area contributed by atoms with Gasteiger partial charge in [-0.05, 0) is 37.1 Å². The molecule has 1 unspecified atom stereocenters. The topological polar surface area (TPSA) is 68.5 Å². The number of likely N-dealkylation sites (tertiary alicyclic amines) is 1. The average Bonchev–Trinajstić information content (AvgIpc) is 3.24. The monoisotopic (exact) mass is 367 g/mol. The van der Waals surface area contributed by atoms with E-state index in [0.717, 1.165) is 42.1 Å². The molecule has 24 heavy (non-hydrogen) atoms. The SMILES string of the molecule is COc1cccc(C2CCCN2C(=O)c2csc(CCN)n2)c1.Cl. The Labute approximate surface area is 152 Å². The number of nitrogens with two attached hydrogens (primary N) is 1. The second kappa shape index (κ2) is 8.46.